The summed E-state index contributed by atoms with van der Waals surface area (Å²) < 4.78 is 7.21. The molecule has 1 heterocycles. The number of ether oxygens (including phenoxy) is 1. The number of aromatic nitrogens is 3. The third kappa shape index (κ3) is 3.28. The highest BCUT2D eigenvalue weighted by atomic mass is 16.5. The van der Waals surface area contributed by atoms with Gasteiger partial charge in [-0.05, 0) is 19.8 Å². The normalized spacial score (nSPS) is 10.9. The Labute approximate surface area is 90.6 Å². The van der Waals surface area contributed by atoms with Gasteiger partial charge in [0, 0.05) is 26.3 Å². The van der Waals surface area contributed by atoms with E-state index in [-0.39, 0.29) is 0 Å². The molecule has 1 rings (SSSR count). The van der Waals surface area contributed by atoms with Gasteiger partial charge in [-0.1, -0.05) is 12.1 Å². The third-order valence-electron chi connectivity index (χ3n) is 2.31. The molecular weight excluding hydrogens is 192 g/mol. The number of rotatable bonds is 7. The molecule has 0 aliphatic rings. The van der Waals surface area contributed by atoms with Crippen molar-refractivity contribution < 1.29 is 4.74 Å². The van der Waals surface area contributed by atoms with E-state index in [4.69, 9.17) is 10.5 Å². The van der Waals surface area contributed by atoms with Crippen molar-refractivity contribution in [1.29, 1.82) is 0 Å². The van der Waals surface area contributed by atoms with Crippen molar-refractivity contribution >= 4 is 0 Å². The lowest BCUT2D eigenvalue weighted by atomic mass is 10.2. The summed E-state index contributed by atoms with van der Waals surface area (Å²) in [6, 6.07) is 0. The van der Waals surface area contributed by atoms with Crippen LogP contribution in [-0.2, 0) is 24.2 Å². The molecule has 15 heavy (non-hydrogen) atoms. The minimum absolute atomic E-state index is 0.467. The van der Waals surface area contributed by atoms with Crippen molar-refractivity contribution in [2.75, 3.05) is 13.2 Å². The van der Waals surface area contributed by atoms with Gasteiger partial charge >= 0.3 is 0 Å². The topological polar surface area (TPSA) is 66.0 Å². The zero-order valence-electron chi connectivity index (χ0n) is 9.57. The van der Waals surface area contributed by atoms with Gasteiger partial charge in [-0.15, -0.1) is 5.10 Å². The van der Waals surface area contributed by atoms with Crippen molar-refractivity contribution in [1.82, 2.24) is 15.0 Å². The van der Waals surface area contributed by atoms with Crippen LogP contribution in [0.3, 0.4) is 0 Å². The Morgan fingerprint density at radius 3 is 2.80 bits per heavy atom. The lowest BCUT2D eigenvalue weighted by molar-refractivity contribution is 0.140. The fraction of sp³-hybridized carbons (Fsp3) is 0.800. The Hall–Kier alpha value is -0.940. The summed E-state index contributed by atoms with van der Waals surface area (Å²) in [7, 11) is 0. The third-order valence-corrected chi connectivity index (χ3v) is 2.31. The van der Waals surface area contributed by atoms with Crippen molar-refractivity contribution in [3.8, 4) is 0 Å². The number of nitrogens with zero attached hydrogens (tertiary/aromatic N) is 3. The lowest BCUT2D eigenvalue weighted by Gasteiger charge is -2.05. The quantitative estimate of drug-likeness (QED) is 0.676. The maximum absolute atomic E-state index is 5.58. The first kappa shape index (κ1) is 12.1. The summed E-state index contributed by atoms with van der Waals surface area (Å²) in [5.41, 5.74) is 7.63. The molecule has 2 N–H and O–H groups in total. The highest BCUT2D eigenvalue weighted by Crippen LogP contribution is 2.06. The van der Waals surface area contributed by atoms with Crippen molar-refractivity contribution in [3.05, 3.63) is 11.4 Å². The fourth-order valence-electron chi connectivity index (χ4n) is 1.55. The second-order valence-electron chi connectivity index (χ2n) is 3.31. The molecule has 0 saturated carbocycles. The molecule has 86 valence electrons. The first-order chi connectivity index (χ1) is 7.33. The predicted octanol–water partition coefficient (Wildman–Crippen LogP) is 0.726. The summed E-state index contributed by atoms with van der Waals surface area (Å²) in [5.74, 6) is 0. The maximum Gasteiger partial charge on any atom is 0.0994 e. The van der Waals surface area contributed by atoms with Gasteiger partial charge in [0.05, 0.1) is 11.4 Å². The molecular formula is C10H20N4O. The van der Waals surface area contributed by atoms with Crippen LogP contribution in [0.1, 0.15) is 31.7 Å². The Morgan fingerprint density at radius 1 is 1.40 bits per heavy atom. The Morgan fingerprint density at radius 2 is 2.20 bits per heavy atom. The molecule has 0 aromatic carbocycles. The van der Waals surface area contributed by atoms with E-state index in [1.165, 1.54) is 0 Å². The first-order valence-corrected chi connectivity index (χ1v) is 5.52. The summed E-state index contributed by atoms with van der Waals surface area (Å²) in [4.78, 5) is 0. The van der Waals surface area contributed by atoms with Crippen LogP contribution in [0.5, 0.6) is 0 Å². The molecule has 5 nitrogen and oxygen atoms in total. The van der Waals surface area contributed by atoms with E-state index in [2.05, 4.69) is 17.2 Å². The summed E-state index contributed by atoms with van der Waals surface area (Å²) in [5, 5.41) is 8.14. The molecule has 0 atom stereocenters. The monoisotopic (exact) mass is 212 g/mol. The lowest BCUT2D eigenvalue weighted by Crippen LogP contribution is -2.09. The van der Waals surface area contributed by atoms with E-state index < -0.39 is 0 Å². The van der Waals surface area contributed by atoms with Gasteiger partial charge in [-0.25, -0.2) is 4.68 Å². The minimum Gasteiger partial charge on any atom is -0.382 e. The molecule has 0 aliphatic carbocycles. The molecule has 5 heteroatoms. The van der Waals surface area contributed by atoms with Crippen molar-refractivity contribution in [2.24, 2.45) is 5.73 Å². The molecule has 0 saturated heterocycles. The van der Waals surface area contributed by atoms with E-state index in [0.29, 0.717) is 6.54 Å². The van der Waals surface area contributed by atoms with E-state index in [1.54, 1.807) is 0 Å². The standard InChI is InChI=1S/C10H20N4O/c1-3-10-9(8-11)12-13-14(10)6-5-7-15-4-2/h3-8,11H2,1-2H3. The highest BCUT2D eigenvalue weighted by molar-refractivity contribution is 5.09. The van der Waals surface area contributed by atoms with E-state index >= 15 is 0 Å². The van der Waals surface area contributed by atoms with Crippen LogP contribution in [0.15, 0.2) is 0 Å². The van der Waals surface area contributed by atoms with Crippen LogP contribution in [0.25, 0.3) is 0 Å². The molecule has 1 aromatic rings. The van der Waals surface area contributed by atoms with Gasteiger partial charge in [0.15, 0.2) is 0 Å². The van der Waals surface area contributed by atoms with Gasteiger partial charge < -0.3 is 10.5 Å². The van der Waals surface area contributed by atoms with Gasteiger partial charge in [0.25, 0.3) is 0 Å². The first-order valence-electron chi connectivity index (χ1n) is 5.52. The van der Waals surface area contributed by atoms with Gasteiger partial charge in [-0.3, -0.25) is 0 Å². The molecule has 0 fully saturated rings. The van der Waals surface area contributed by atoms with E-state index in [0.717, 1.165) is 44.0 Å². The molecule has 1 aromatic heterocycles. The van der Waals surface area contributed by atoms with Crippen LogP contribution < -0.4 is 5.73 Å². The average Bonchev–Trinajstić information content (AvgIpc) is 2.66. The summed E-state index contributed by atoms with van der Waals surface area (Å²) in [6.07, 6.45) is 1.89. The van der Waals surface area contributed by atoms with E-state index in [1.807, 2.05) is 11.6 Å². The van der Waals surface area contributed by atoms with Crippen LogP contribution >= 0.6 is 0 Å². The molecule has 0 radical (unpaired) electrons. The van der Waals surface area contributed by atoms with Crippen LogP contribution in [0.2, 0.25) is 0 Å². The molecule has 0 unspecified atom stereocenters. The zero-order chi connectivity index (χ0) is 11.1. The van der Waals surface area contributed by atoms with Crippen LogP contribution in [0.4, 0.5) is 0 Å². The number of nitrogens with two attached hydrogens (primary N) is 1. The smallest absolute Gasteiger partial charge is 0.0994 e. The number of hydrogen-bond acceptors (Lipinski definition) is 4. The molecule has 0 amide bonds. The minimum atomic E-state index is 0.467. The second-order valence-corrected chi connectivity index (χ2v) is 3.31. The van der Waals surface area contributed by atoms with Gasteiger partial charge in [0.1, 0.15) is 0 Å². The van der Waals surface area contributed by atoms with Gasteiger partial charge in [0.2, 0.25) is 0 Å². The highest BCUT2D eigenvalue weighted by Gasteiger charge is 2.08. The largest absolute Gasteiger partial charge is 0.382 e. The second kappa shape index (κ2) is 6.53. The molecule has 0 spiro atoms. The summed E-state index contributed by atoms with van der Waals surface area (Å²) in [6.45, 7) is 6.96. The Kier molecular flexibility index (Phi) is 5.28. The summed E-state index contributed by atoms with van der Waals surface area (Å²) >= 11 is 0. The Balaban J connectivity index is 2.49. The van der Waals surface area contributed by atoms with Crippen molar-refractivity contribution in [3.63, 3.8) is 0 Å². The number of hydrogen-bond donors (Lipinski definition) is 1. The maximum atomic E-state index is 5.58. The fourth-order valence-corrected chi connectivity index (χ4v) is 1.55. The van der Waals surface area contributed by atoms with Crippen molar-refractivity contribution in [2.45, 2.75) is 39.8 Å². The van der Waals surface area contributed by atoms with Crippen LogP contribution in [-0.4, -0.2) is 28.2 Å². The van der Waals surface area contributed by atoms with Gasteiger partial charge in [-0.2, -0.15) is 0 Å². The van der Waals surface area contributed by atoms with Crippen LogP contribution in [0, 0.1) is 0 Å². The Bertz CT molecular complexity index is 285. The number of aryl methyl sites for hydroxylation is 1. The predicted molar refractivity (Wildman–Crippen MR) is 58.4 cm³/mol. The molecule has 0 bridgehead atoms. The molecule has 0 aliphatic heterocycles. The average molecular weight is 212 g/mol. The van der Waals surface area contributed by atoms with E-state index in [9.17, 15) is 0 Å². The SMILES string of the molecule is CCOCCCn1nnc(CN)c1CC. The zero-order valence-corrected chi connectivity index (χ0v) is 9.57.